The summed E-state index contributed by atoms with van der Waals surface area (Å²) in [4.78, 5) is 35.8. The molecule has 0 aliphatic heterocycles. The van der Waals surface area contributed by atoms with E-state index >= 15 is 0 Å². The number of alkyl carbamates (subject to hydrolysis) is 1. The number of ether oxygens (including phenoxy) is 2. The fourth-order valence-corrected chi connectivity index (χ4v) is 2.20. The number of rotatable bonds is 9. The lowest BCUT2D eigenvalue weighted by Gasteiger charge is -2.22. The summed E-state index contributed by atoms with van der Waals surface area (Å²) in [5.74, 6) is -1.15. The van der Waals surface area contributed by atoms with E-state index in [0.717, 1.165) is 5.56 Å². The largest absolute Gasteiger partial charge is 0.467 e. The fraction of sp³-hybridized carbons (Fsp3) is 0.500. The number of carbonyl (C=O) groups excluding carboxylic acids is 3. The van der Waals surface area contributed by atoms with E-state index in [1.807, 2.05) is 32.0 Å². The van der Waals surface area contributed by atoms with E-state index in [-0.39, 0.29) is 12.5 Å². The number of nitrogens with one attached hydrogen (secondary N) is 2. The lowest BCUT2D eigenvalue weighted by Crippen LogP contribution is -2.53. The number of amides is 2. The smallest absolute Gasteiger partial charge is 0.408 e. The van der Waals surface area contributed by atoms with Crippen molar-refractivity contribution in [3.8, 4) is 0 Å². The van der Waals surface area contributed by atoms with Crippen molar-refractivity contribution >= 4 is 18.0 Å². The first kappa shape index (κ1) is 21.4. The van der Waals surface area contributed by atoms with E-state index < -0.39 is 36.7 Å². The van der Waals surface area contributed by atoms with Crippen LogP contribution < -0.4 is 10.6 Å². The summed E-state index contributed by atoms with van der Waals surface area (Å²) in [6.07, 6.45) is -0.476. The number of aliphatic hydroxyl groups is 1. The second-order valence-electron chi connectivity index (χ2n) is 6.16. The molecule has 2 amide bonds. The molecule has 0 unspecified atom stereocenters. The molecular weight excluding hydrogens is 340 g/mol. The van der Waals surface area contributed by atoms with Crippen LogP contribution in [0.5, 0.6) is 0 Å². The zero-order valence-corrected chi connectivity index (χ0v) is 15.2. The Hall–Kier alpha value is -2.61. The summed E-state index contributed by atoms with van der Waals surface area (Å²) < 4.78 is 9.68. The van der Waals surface area contributed by atoms with Gasteiger partial charge < -0.3 is 25.2 Å². The highest BCUT2D eigenvalue weighted by molar-refractivity contribution is 5.89. The predicted octanol–water partition coefficient (Wildman–Crippen LogP) is 0.978. The van der Waals surface area contributed by atoms with E-state index in [1.54, 1.807) is 12.1 Å². The Bertz CT molecular complexity index is 591. The molecule has 1 rings (SSSR count). The highest BCUT2D eigenvalue weighted by atomic mass is 16.5. The number of hydrogen-bond acceptors (Lipinski definition) is 6. The van der Waals surface area contributed by atoms with Gasteiger partial charge in [0, 0.05) is 0 Å². The van der Waals surface area contributed by atoms with E-state index in [9.17, 15) is 19.5 Å². The maximum Gasteiger partial charge on any atom is 0.408 e. The van der Waals surface area contributed by atoms with Gasteiger partial charge in [0.25, 0.3) is 0 Å². The van der Waals surface area contributed by atoms with Gasteiger partial charge in [-0.15, -0.1) is 0 Å². The number of methoxy groups -OCH3 is 1. The molecule has 0 radical (unpaired) electrons. The molecule has 8 heteroatoms. The van der Waals surface area contributed by atoms with Crippen LogP contribution in [0.15, 0.2) is 30.3 Å². The first-order valence-electron chi connectivity index (χ1n) is 8.33. The molecule has 1 aromatic carbocycles. The van der Waals surface area contributed by atoms with Gasteiger partial charge in [-0.1, -0.05) is 44.2 Å². The van der Waals surface area contributed by atoms with Crippen molar-refractivity contribution in [2.75, 3.05) is 13.7 Å². The second-order valence-corrected chi connectivity index (χ2v) is 6.16. The van der Waals surface area contributed by atoms with Crippen LogP contribution in [0.25, 0.3) is 0 Å². The molecule has 0 fully saturated rings. The lowest BCUT2D eigenvalue weighted by molar-refractivity contribution is -0.145. The van der Waals surface area contributed by atoms with Crippen LogP contribution in [0.4, 0.5) is 4.79 Å². The Kier molecular flexibility index (Phi) is 9.14. The van der Waals surface area contributed by atoms with Gasteiger partial charge in [0.2, 0.25) is 5.91 Å². The number of hydrogen-bond donors (Lipinski definition) is 3. The molecule has 0 aliphatic carbocycles. The number of aliphatic hydroxyl groups excluding tert-OH is 1. The highest BCUT2D eigenvalue weighted by Gasteiger charge is 2.27. The minimum atomic E-state index is -1.24. The quantitative estimate of drug-likeness (QED) is 0.561. The van der Waals surface area contributed by atoms with Gasteiger partial charge in [-0.3, -0.25) is 4.79 Å². The van der Waals surface area contributed by atoms with E-state index in [2.05, 4.69) is 15.4 Å². The Balaban J connectivity index is 2.57. The first-order chi connectivity index (χ1) is 12.4. The zero-order valence-electron chi connectivity index (χ0n) is 15.2. The van der Waals surface area contributed by atoms with Gasteiger partial charge >= 0.3 is 12.1 Å². The van der Waals surface area contributed by atoms with Crippen molar-refractivity contribution in [2.24, 2.45) is 5.92 Å². The van der Waals surface area contributed by atoms with Gasteiger partial charge in [-0.2, -0.15) is 0 Å². The average Bonchev–Trinajstić information content (AvgIpc) is 2.63. The van der Waals surface area contributed by atoms with Crippen LogP contribution >= 0.6 is 0 Å². The maximum atomic E-state index is 12.2. The monoisotopic (exact) mass is 366 g/mol. The summed E-state index contributed by atoms with van der Waals surface area (Å²) in [6, 6.07) is 6.93. The molecule has 2 atom stereocenters. The van der Waals surface area contributed by atoms with Crippen molar-refractivity contribution in [3.63, 3.8) is 0 Å². The van der Waals surface area contributed by atoms with Gasteiger partial charge in [-0.05, 0) is 17.9 Å². The predicted molar refractivity (Wildman–Crippen MR) is 94.0 cm³/mol. The van der Waals surface area contributed by atoms with E-state index in [1.165, 1.54) is 7.11 Å². The standard InChI is InChI=1S/C18H26N2O6/c1-12(2)9-14(17(23)25-3)19-16(22)15(10-21)20-18(24)26-11-13-7-5-4-6-8-13/h4-8,12,14-15,21H,9-11H2,1-3H3,(H,19,22)(H,20,24)/t14-,15+/m0/s1. The van der Waals surface area contributed by atoms with Crippen LogP contribution in [0.3, 0.4) is 0 Å². The van der Waals surface area contributed by atoms with Crippen LogP contribution in [-0.2, 0) is 25.7 Å². The molecule has 1 aromatic rings. The summed E-state index contributed by atoms with van der Waals surface area (Å²) in [7, 11) is 1.23. The van der Waals surface area contributed by atoms with Crippen molar-refractivity contribution in [2.45, 2.75) is 39.0 Å². The van der Waals surface area contributed by atoms with Crippen LogP contribution in [0.1, 0.15) is 25.8 Å². The van der Waals surface area contributed by atoms with Crippen molar-refractivity contribution in [1.29, 1.82) is 0 Å². The number of esters is 1. The highest BCUT2D eigenvalue weighted by Crippen LogP contribution is 2.07. The van der Waals surface area contributed by atoms with E-state index in [0.29, 0.717) is 6.42 Å². The topological polar surface area (TPSA) is 114 Å². The average molecular weight is 366 g/mol. The Labute approximate surface area is 152 Å². The second kappa shape index (κ2) is 11.1. The molecule has 0 spiro atoms. The van der Waals surface area contributed by atoms with Crippen LogP contribution in [0, 0.1) is 5.92 Å². The summed E-state index contributed by atoms with van der Waals surface area (Å²) >= 11 is 0. The molecule has 8 nitrogen and oxygen atoms in total. The van der Waals surface area contributed by atoms with Crippen LogP contribution in [0.2, 0.25) is 0 Å². The molecule has 3 N–H and O–H groups in total. The fourth-order valence-electron chi connectivity index (χ4n) is 2.20. The molecule has 0 saturated heterocycles. The van der Waals surface area contributed by atoms with Crippen molar-refractivity contribution < 1.29 is 29.0 Å². The molecule has 0 aliphatic rings. The zero-order chi connectivity index (χ0) is 19.5. The Morgan fingerprint density at radius 3 is 2.27 bits per heavy atom. The van der Waals surface area contributed by atoms with Gasteiger partial charge in [0.15, 0.2) is 0 Å². The third-order valence-electron chi connectivity index (χ3n) is 3.51. The van der Waals surface area contributed by atoms with Gasteiger partial charge in [0.1, 0.15) is 18.7 Å². The Morgan fingerprint density at radius 2 is 1.73 bits per heavy atom. The summed E-state index contributed by atoms with van der Waals surface area (Å²) in [5.41, 5.74) is 0.787. The molecule has 0 saturated carbocycles. The van der Waals surface area contributed by atoms with Gasteiger partial charge in [-0.25, -0.2) is 9.59 Å². The SMILES string of the molecule is COC(=O)[C@H](CC(C)C)NC(=O)[C@@H](CO)NC(=O)OCc1ccccc1. The maximum absolute atomic E-state index is 12.2. The molecule has 0 heterocycles. The number of carbonyl (C=O) groups is 3. The minimum Gasteiger partial charge on any atom is -0.467 e. The molecule has 144 valence electrons. The third kappa shape index (κ3) is 7.52. The van der Waals surface area contributed by atoms with Crippen molar-refractivity contribution in [3.05, 3.63) is 35.9 Å². The number of benzene rings is 1. The molecule has 0 aromatic heterocycles. The van der Waals surface area contributed by atoms with Gasteiger partial charge in [0.05, 0.1) is 13.7 Å². The lowest BCUT2D eigenvalue weighted by atomic mass is 10.0. The third-order valence-corrected chi connectivity index (χ3v) is 3.51. The molecule has 0 bridgehead atoms. The van der Waals surface area contributed by atoms with Crippen molar-refractivity contribution in [1.82, 2.24) is 10.6 Å². The van der Waals surface area contributed by atoms with Crippen LogP contribution in [-0.4, -0.2) is 48.9 Å². The summed E-state index contributed by atoms with van der Waals surface area (Å²) in [6.45, 7) is 3.18. The minimum absolute atomic E-state index is 0.0323. The summed E-state index contributed by atoms with van der Waals surface area (Å²) in [5, 5.41) is 14.1. The first-order valence-corrected chi connectivity index (χ1v) is 8.33. The normalized spacial score (nSPS) is 12.8. The molecular formula is C18H26N2O6. The van der Waals surface area contributed by atoms with E-state index in [4.69, 9.17) is 4.74 Å². The Morgan fingerprint density at radius 1 is 1.08 bits per heavy atom. The molecule has 26 heavy (non-hydrogen) atoms.